The molecule has 3 unspecified atom stereocenters. The molecule has 1 aromatic carbocycles. The monoisotopic (exact) mass is 263 g/mol. The Hall–Kier alpha value is -0.890. The molecule has 1 saturated carbocycles. The van der Waals surface area contributed by atoms with E-state index < -0.39 is 0 Å². The average Bonchev–Trinajstić information content (AvgIpc) is 2.32. The van der Waals surface area contributed by atoms with E-state index in [1.165, 1.54) is 19.3 Å². The Morgan fingerprint density at radius 1 is 1.32 bits per heavy atom. The Labute approximate surface area is 116 Å². The van der Waals surface area contributed by atoms with Crippen molar-refractivity contribution < 1.29 is 4.39 Å². The number of halogens is 1. The van der Waals surface area contributed by atoms with Gasteiger partial charge in [0.2, 0.25) is 0 Å². The van der Waals surface area contributed by atoms with Gasteiger partial charge in [0.15, 0.2) is 0 Å². The van der Waals surface area contributed by atoms with Gasteiger partial charge in [-0.1, -0.05) is 39.0 Å². The van der Waals surface area contributed by atoms with Crippen LogP contribution in [0.3, 0.4) is 0 Å². The maximum atomic E-state index is 13.8. The fourth-order valence-corrected chi connectivity index (χ4v) is 3.43. The van der Waals surface area contributed by atoms with Crippen LogP contribution in [0, 0.1) is 17.2 Å². The molecule has 0 aromatic heterocycles. The molecule has 0 amide bonds. The molecule has 0 heterocycles. The molecule has 2 heteroatoms. The molecule has 0 aliphatic heterocycles. The van der Waals surface area contributed by atoms with Crippen LogP contribution in [-0.4, -0.2) is 6.04 Å². The van der Waals surface area contributed by atoms with Gasteiger partial charge in [0.25, 0.3) is 0 Å². The van der Waals surface area contributed by atoms with Crippen molar-refractivity contribution in [3.8, 4) is 0 Å². The van der Waals surface area contributed by atoms with E-state index in [9.17, 15) is 4.39 Å². The third-order valence-electron chi connectivity index (χ3n) is 4.53. The van der Waals surface area contributed by atoms with Crippen molar-refractivity contribution in [2.75, 3.05) is 0 Å². The Morgan fingerprint density at radius 2 is 2.00 bits per heavy atom. The van der Waals surface area contributed by atoms with E-state index in [0.29, 0.717) is 17.4 Å². The normalized spacial score (nSPS) is 28.1. The van der Waals surface area contributed by atoms with Gasteiger partial charge in [-0.2, -0.15) is 0 Å². The van der Waals surface area contributed by atoms with Gasteiger partial charge in [0.1, 0.15) is 5.82 Å². The van der Waals surface area contributed by atoms with Crippen molar-refractivity contribution in [1.29, 1.82) is 0 Å². The highest BCUT2D eigenvalue weighted by molar-refractivity contribution is 5.20. The SMILES string of the molecule is CC(NC1CCC(C)(C)CC1C)c1ccccc1F. The third kappa shape index (κ3) is 3.56. The van der Waals surface area contributed by atoms with Crippen LogP contribution in [0.1, 0.15) is 58.6 Å². The highest BCUT2D eigenvalue weighted by atomic mass is 19.1. The van der Waals surface area contributed by atoms with E-state index in [-0.39, 0.29) is 11.9 Å². The second kappa shape index (κ2) is 5.62. The first-order valence-corrected chi connectivity index (χ1v) is 7.39. The van der Waals surface area contributed by atoms with E-state index in [1.807, 2.05) is 12.1 Å². The van der Waals surface area contributed by atoms with E-state index in [4.69, 9.17) is 0 Å². The second-order valence-corrected chi connectivity index (χ2v) is 6.90. The molecule has 0 saturated heterocycles. The smallest absolute Gasteiger partial charge is 0.127 e. The number of hydrogen-bond acceptors (Lipinski definition) is 1. The lowest BCUT2D eigenvalue weighted by molar-refractivity contribution is 0.142. The summed E-state index contributed by atoms with van der Waals surface area (Å²) in [5.41, 5.74) is 1.23. The molecule has 19 heavy (non-hydrogen) atoms. The summed E-state index contributed by atoms with van der Waals surface area (Å²) >= 11 is 0. The summed E-state index contributed by atoms with van der Waals surface area (Å²) in [5, 5.41) is 3.62. The van der Waals surface area contributed by atoms with Crippen LogP contribution < -0.4 is 5.32 Å². The minimum absolute atomic E-state index is 0.0786. The maximum absolute atomic E-state index is 13.8. The van der Waals surface area contributed by atoms with Crippen LogP contribution >= 0.6 is 0 Å². The summed E-state index contributed by atoms with van der Waals surface area (Å²) in [7, 11) is 0. The molecule has 2 rings (SSSR count). The topological polar surface area (TPSA) is 12.0 Å². The van der Waals surface area contributed by atoms with Gasteiger partial charge in [-0.05, 0) is 43.6 Å². The standard InChI is InChI=1S/C17H26FN/c1-12-11-17(3,4)10-9-16(12)19-13(2)14-7-5-6-8-15(14)18/h5-8,12-13,16,19H,9-11H2,1-4H3. The van der Waals surface area contributed by atoms with E-state index in [1.54, 1.807) is 12.1 Å². The number of benzene rings is 1. The van der Waals surface area contributed by atoms with Gasteiger partial charge >= 0.3 is 0 Å². The molecule has 1 nitrogen and oxygen atoms in total. The first kappa shape index (κ1) is 14.5. The van der Waals surface area contributed by atoms with Crippen molar-refractivity contribution >= 4 is 0 Å². The number of nitrogens with one attached hydrogen (secondary N) is 1. The van der Waals surface area contributed by atoms with Gasteiger partial charge in [-0.15, -0.1) is 0 Å². The largest absolute Gasteiger partial charge is 0.307 e. The Morgan fingerprint density at radius 3 is 2.63 bits per heavy atom. The highest BCUT2D eigenvalue weighted by Gasteiger charge is 2.32. The van der Waals surface area contributed by atoms with Crippen LogP contribution in [0.25, 0.3) is 0 Å². The van der Waals surface area contributed by atoms with E-state index in [0.717, 1.165) is 5.56 Å². The van der Waals surface area contributed by atoms with Crippen molar-refractivity contribution in [3.63, 3.8) is 0 Å². The van der Waals surface area contributed by atoms with Crippen LogP contribution in [0.15, 0.2) is 24.3 Å². The summed E-state index contributed by atoms with van der Waals surface area (Å²) in [6, 6.07) is 7.66. The minimum Gasteiger partial charge on any atom is -0.307 e. The summed E-state index contributed by atoms with van der Waals surface area (Å²) in [5.74, 6) is 0.546. The van der Waals surface area contributed by atoms with E-state index in [2.05, 4.69) is 33.0 Å². The molecular weight excluding hydrogens is 237 g/mol. The van der Waals surface area contributed by atoms with Gasteiger partial charge in [-0.3, -0.25) is 0 Å². The maximum Gasteiger partial charge on any atom is 0.127 e. The summed E-state index contributed by atoms with van der Waals surface area (Å²) < 4.78 is 13.8. The van der Waals surface area contributed by atoms with Gasteiger partial charge < -0.3 is 5.32 Å². The van der Waals surface area contributed by atoms with Gasteiger partial charge in [0.05, 0.1) is 0 Å². The number of hydrogen-bond donors (Lipinski definition) is 1. The first-order valence-electron chi connectivity index (χ1n) is 7.39. The lowest BCUT2D eigenvalue weighted by atomic mass is 9.70. The molecule has 1 fully saturated rings. The minimum atomic E-state index is -0.105. The van der Waals surface area contributed by atoms with E-state index >= 15 is 0 Å². The summed E-state index contributed by atoms with van der Waals surface area (Å²) in [4.78, 5) is 0. The van der Waals surface area contributed by atoms with Crippen LogP contribution in [0.2, 0.25) is 0 Å². The molecule has 1 N–H and O–H groups in total. The molecule has 1 aromatic rings. The lowest BCUT2D eigenvalue weighted by Gasteiger charge is -2.40. The Kier molecular flexibility index (Phi) is 4.29. The molecule has 1 aliphatic carbocycles. The highest BCUT2D eigenvalue weighted by Crippen LogP contribution is 2.39. The summed E-state index contributed by atoms with van der Waals surface area (Å²) in [6.45, 7) is 9.07. The fraction of sp³-hybridized carbons (Fsp3) is 0.647. The zero-order valence-corrected chi connectivity index (χ0v) is 12.5. The lowest BCUT2D eigenvalue weighted by Crippen LogP contribution is -2.42. The predicted octanol–water partition coefficient (Wildman–Crippen LogP) is 4.69. The molecular formula is C17H26FN. The van der Waals surface area contributed by atoms with Crippen molar-refractivity contribution in [1.82, 2.24) is 5.32 Å². The second-order valence-electron chi connectivity index (χ2n) is 6.90. The average molecular weight is 263 g/mol. The molecule has 0 bridgehead atoms. The Balaban J connectivity index is 2.00. The third-order valence-corrected chi connectivity index (χ3v) is 4.53. The van der Waals surface area contributed by atoms with Gasteiger partial charge in [-0.25, -0.2) is 4.39 Å². The molecule has 3 atom stereocenters. The zero-order chi connectivity index (χ0) is 14.0. The van der Waals surface area contributed by atoms with Gasteiger partial charge in [0, 0.05) is 17.6 Å². The molecule has 0 spiro atoms. The Bertz CT molecular complexity index is 427. The number of rotatable bonds is 3. The quantitative estimate of drug-likeness (QED) is 0.834. The zero-order valence-electron chi connectivity index (χ0n) is 12.5. The predicted molar refractivity (Wildman–Crippen MR) is 78.5 cm³/mol. The van der Waals surface area contributed by atoms with Crippen LogP contribution in [0.4, 0.5) is 4.39 Å². The fourth-order valence-electron chi connectivity index (χ4n) is 3.43. The first-order chi connectivity index (χ1) is 8.89. The molecule has 1 aliphatic rings. The van der Waals surface area contributed by atoms with Crippen LogP contribution in [0.5, 0.6) is 0 Å². The van der Waals surface area contributed by atoms with Crippen molar-refractivity contribution in [2.24, 2.45) is 11.3 Å². The van der Waals surface area contributed by atoms with Crippen molar-refractivity contribution in [2.45, 2.75) is 59.0 Å². The van der Waals surface area contributed by atoms with Crippen LogP contribution in [-0.2, 0) is 0 Å². The van der Waals surface area contributed by atoms with Crippen molar-refractivity contribution in [3.05, 3.63) is 35.6 Å². The molecule has 106 valence electrons. The summed E-state index contributed by atoms with van der Waals surface area (Å²) in [6.07, 6.45) is 3.68. The molecule has 0 radical (unpaired) electrons.